The van der Waals surface area contributed by atoms with E-state index in [1.165, 1.54) is 10.5 Å². The van der Waals surface area contributed by atoms with Crippen LogP contribution in [-0.4, -0.2) is 15.3 Å². The molecule has 2 aromatic carbocycles. The summed E-state index contributed by atoms with van der Waals surface area (Å²) in [5.41, 5.74) is 2.10. The molecule has 0 aliphatic heterocycles. The summed E-state index contributed by atoms with van der Waals surface area (Å²) in [5.74, 6) is -0.539. The highest BCUT2D eigenvalue weighted by Crippen LogP contribution is 2.30. The van der Waals surface area contributed by atoms with Crippen LogP contribution in [0.3, 0.4) is 0 Å². The van der Waals surface area contributed by atoms with Gasteiger partial charge in [0.05, 0.1) is 11.3 Å². The van der Waals surface area contributed by atoms with Crippen LogP contribution in [0.15, 0.2) is 72.9 Å². The van der Waals surface area contributed by atoms with E-state index >= 15 is 0 Å². The summed E-state index contributed by atoms with van der Waals surface area (Å²) in [7, 11) is 0. The van der Waals surface area contributed by atoms with Crippen LogP contribution in [0, 0.1) is 6.92 Å². The van der Waals surface area contributed by atoms with Crippen LogP contribution in [0.25, 0.3) is 5.65 Å². The van der Waals surface area contributed by atoms with Crippen LogP contribution in [0.1, 0.15) is 21.7 Å². The molecule has 1 amide bonds. The number of anilines is 3. The first-order valence-electron chi connectivity index (χ1n) is 9.11. The third-order valence-corrected chi connectivity index (χ3v) is 4.54. The minimum Gasteiger partial charge on any atom is -0.356 e. The number of benzene rings is 2. The van der Waals surface area contributed by atoms with Crippen molar-refractivity contribution in [1.82, 2.24) is 9.38 Å². The van der Waals surface area contributed by atoms with E-state index in [1.807, 2.05) is 30.3 Å². The number of carbonyl (C=O) groups excluding carboxylic acids is 1. The van der Waals surface area contributed by atoms with Gasteiger partial charge in [-0.15, -0.1) is 0 Å². The van der Waals surface area contributed by atoms with E-state index in [9.17, 15) is 18.0 Å². The monoisotopic (exact) mass is 410 g/mol. The van der Waals surface area contributed by atoms with Crippen LogP contribution >= 0.6 is 0 Å². The number of nitrogens with zero attached hydrogens (tertiary/aromatic N) is 2. The highest BCUT2D eigenvalue weighted by Gasteiger charge is 2.31. The molecule has 0 saturated heterocycles. The Kier molecular flexibility index (Phi) is 4.91. The van der Waals surface area contributed by atoms with Crippen molar-refractivity contribution >= 4 is 28.6 Å². The Morgan fingerprint density at radius 2 is 1.53 bits per heavy atom. The third-order valence-electron chi connectivity index (χ3n) is 4.54. The summed E-state index contributed by atoms with van der Waals surface area (Å²) in [6, 6.07) is 18.8. The second kappa shape index (κ2) is 7.55. The maximum Gasteiger partial charge on any atom is 0.417 e. The fraction of sp³-hybridized carbons (Fsp3) is 0.0909. The smallest absolute Gasteiger partial charge is 0.356 e. The second-order valence-electron chi connectivity index (χ2n) is 6.71. The zero-order valence-corrected chi connectivity index (χ0v) is 15.9. The lowest BCUT2D eigenvalue weighted by Crippen LogP contribution is -2.16. The Morgan fingerprint density at radius 1 is 0.900 bits per heavy atom. The van der Waals surface area contributed by atoms with Crippen molar-refractivity contribution in [2.75, 3.05) is 10.6 Å². The number of aryl methyl sites for hydroxylation is 1. The molecule has 0 spiro atoms. The molecule has 8 heteroatoms. The average molecular weight is 410 g/mol. The third kappa shape index (κ3) is 3.98. The zero-order chi connectivity index (χ0) is 21.3. The highest BCUT2D eigenvalue weighted by atomic mass is 19.4. The number of alkyl halides is 3. The van der Waals surface area contributed by atoms with E-state index < -0.39 is 17.6 Å². The van der Waals surface area contributed by atoms with Crippen LogP contribution < -0.4 is 10.6 Å². The number of aromatic nitrogens is 2. The highest BCUT2D eigenvalue weighted by molar-refractivity contribution is 6.04. The topological polar surface area (TPSA) is 58.4 Å². The molecule has 0 fully saturated rings. The molecule has 2 N–H and O–H groups in total. The van der Waals surface area contributed by atoms with Crippen molar-refractivity contribution in [2.24, 2.45) is 0 Å². The van der Waals surface area contributed by atoms with Gasteiger partial charge in [-0.3, -0.25) is 9.20 Å². The number of halogens is 3. The number of hydrogen-bond donors (Lipinski definition) is 2. The summed E-state index contributed by atoms with van der Waals surface area (Å²) in [4.78, 5) is 17.0. The van der Waals surface area contributed by atoms with Crippen molar-refractivity contribution in [3.8, 4) is 0 Å². The normalized spacial score (nSPS) is 11.5. The van der Waals surface area contributed by atoms with Gasteiger partial charge in [0.2, 0.25) is 0 Å². The predicted octanol–water partition coefficient (Wildman–Crippen LogP) is 5.66. The molecule has 30 heavy (non-hydrogen) atoms. The van der Waals surface area contributed by atoms with Crippen molar-refractivity contribution in [2.45, 2.75) is 13.1 Å². The van der Waals surface area contributed by atoms with Gasteiger partial charge in [-0.25, -0.2) is 4.98 Å². The van der Waals surface area contributed by atoms with Gasteiger partial charge < -0.3 is 10.6 Å². The zero-order valence-electron chi connectivity index (χ0n) is 15.9. The minimum atomic E-state index is -4.51. The molecule has 4 rings (SSSR count). The number of hydrogen-bond acceptors (Lipinski definition) is 3. The van der Waals surface area contributed by atoms with Crippen molar-refractivity contribution < 1.29 is 18.0 Å². The summed E-state index contributed by atoms with van der Waals surface area (Å²) < 4.78 is 40.3. The number of fused-ring (bicyclic) bond motifs is 1. The number of nitrogens with one attached hydrogen (secondary N) is 2. The van der Waals surface area contributed by atoms with Gasteiger partial charge in [-0.1, -0.05) is 18.2 Å². The Bertz CT molecular complexity index is 1200. The quantitative estimate of drug-likeness (QED) is 0.457. The number of rotatable bonds is 4. The minimum absolute atomic E-state index is 0.0580. The SMILES string of the molecule is Cc1nc2ccc(C(F)(F)F)cn2c1C(=O)Nc1ccc(Nc2ccccc2)cc1. The molecule has 0 bridgehead atoms. The van der Waals surface area contributed by atoms with Crippen LogP contribution in [0.5, 0.6) is 0 Å². The van der Waals surface area contributed by atoms with Crippen LogP contribution in [0.4, 0.5) is 30.2 Å². The van der Waals surface area contributed by atoms with Gasteiger partial charge in [0, 0.05) is 23.3 Å². The lowest BCUT2D eigenvalue weighted by Gasteiger charge is -2.10. The molecule has 0 radical (unpaired) electrons. The first-order chi connectivity index (χ1) is 14.3. The molecule has 0 atom stereocenters. The Labute approximate surface area is 170 Å². The Morgan fingerprint density at radius 3 is 2.20 bits per heavy atom. The van der Waals surface area contributed by atoms with Crippen molar-refractivity contribution in [1.29, 1.82) is 0 Å². The van der Waals surface area contributed by atoms with E-state index in [4.69, 9.17) is 0 Å². The molecule has 0 saturated carbocycles. The van der Waals surface area contributed by atoms with Crippen LogP contribution in [0.2, 0.25) is 0 Å². The second-order valence-corrected chi connectivity index (χ2v) is 6.71. The van der Waals surface area contributed by atoms with Gasteiger partial charge in [0.15, 0.2) is 0 Å². The number of imidazole rings is 1. The molecule has 2 aromatic heterocycles. The number of para-hydroxylation sites is 1. The lowest BCUT2D eigenvalue weighted by molar-refractivity contribution is -0.137. The molecular weight excluding hydrogens is 393 g/mol. The van der Waals surface area contributed by atoms with Gasteiger partial charge in [-0.2, -0.15) is 13.2 Å². The van der Waals surface area contributed by atoms with Crippen molar-refractivity contribution in [3.05, 3.63) is 89.9 Å². The van der Waals surface area contributed by atoms with E-state index in [0.717, 1.165) is 23.6 Å². The fourth-order valence-corrected chi connectivity index (χ4v) is 3.12. The maximum absolute atomic E-state index is 13.1. The van der Waals surface area contributed by atoms with Crippen LogP contribution in [-0.2, 0) is 6.18 Å². The number of pyridine rings is 1. The van der Waals surface area contributed by atoms with E-state index in [2.05, 4.69) is 15.6 Å². The van der Waals surface area contributed by atoms with Gasteiger partial charge in [0.1, 0.15) is 11.3 Å². The van der Waals surface area contributed by atoms with Crippen molar-refractivity contribution in [3.63, 3.8) is 0 Å². The number of carbonyl (C=O) groups is 1. The molecule has 152 valence electrons. The molecule has 5 nitrogen and oxygen atoms in total. The van der Waals surface area contributed by atoms with Gasteiger partial charge in [-0.05, 0) is 55.5 Å². The molecule has 2 heterocycles. The molecule has 0 aliphatic carbocycles. The standard InChI is InChI=1S/C22H17F3N4O/c1-14-20(29-13-15(22(23,24)25)7-12-19(29)26-14)21(30)28-18-10-8-17(9-11-18)27-16-5-3-2-4-6-16/h2-13,27H,1H3,(H,28,30). The van der Waals surface area contributed by atoms with E-state index in [0.29, 0.717) is 11.4 Å². The van der Waals surface area contributed by atoms with Gasteiger partial charge in [0.25, 0.3) is 5.91 Å². The first kappa shape index (κ1) is 19.5. The average Bonchev–Trinajstić information content (AvgIpc) is 3.04. The Balaban J connectivity index is 1.56. The van der Waals surface area contributed by atoms with E-state index in [1.54, 1.807) is 31.2 Å². The first-order valence-corrected chi connectivity index (χ1v) is 9.11. The predicted molar refractivity (Wildman–Crippen MR) is 109 cm³/mol. The van der Waals surface area contributed by atoms with Gasteiger partial charge >= 0.3 is 6.18 Å². The molecular formula is C22H17F3N4O. The summed E-state index contributed by atoms with van der Waals surface area (Å²) in [6.07, 6.45) is -3.63. The molecule has 0 unspecified atom stereocenters. The molecule has 4 aromatic rings. The Hall–Kier alpha value is -3.81. The summed E-state index contributed by atoms with van der Waals surface area (Å²) >= 11 is 0. The lowest BCUT2D eigenvalue weighted by atomic mass is 10.2. The maximum atomic E-state index is 13.1. The van der Waals surface area contributed by atoms with E-state index in [-0.39, 0.29) is 11.3 Å². The summed E-state index contributed by atoms with van der Waals surface area (Å²) in [6.45, 7) is 1.59. The summed E-state index contributed by atoms with van der Waals surface area (Å²) in [5, 5.41) is 5.95. The largest absolute Gasteiger partial charge is 0.417 e. The fourth-order valence-electron chi connectivity index (χ4n) is 3.12. The molecule has 0 aliphatic rings. The number of amides is 1.